The highest BCUT2D eigenvalue weighted by Gasteiger charge is 2.35. The highest BCUT2D eigenvalue weighted by atomic mass is 16.3. The van der Waals surface area contributed by atoms with E-state index >= 15 is 0 Å². The molecule has 0 aromatic rings. The number of nitrogens with two attached hydrogens (primary N) is 1. The molecular weight excluding hydrogens is 228 g/mol. The van der Waals surface area contributed by atoms with Gasteiger partial charge in [-0.3, -0.25) is 4.79 Å². The summed E-state index contributed by atoms with van der Waals surface area (Å²) < 4.78 is 0. The van der Waals surface area contributed by atoms with Gasteiger partial charge in [0.25, 0.3) is 0 Å². The number of carbonyl (C=O) groups excluding carboxylic acids is 1. The summed E-state index contributed by atoms with van der Waals surface area (Å²) in [7, 11) is 0. The van der Waals surface area contributed by atoms with Crippen LogP contribution in [0.5, 0.6) is 0 Å². The maximum atomic E-state index is 12.1. The van der Waals surface area contributed by atoms with Crippen LogP contribution in [0.15, 0.2) is 0 Å². The van der Waals surface area contributed by atoms with Gasteiger partial charge in [-0.15, -0.1) is 0 Å². The van der Waals surface area contributed by atoms with Crippen LogP contribution in [0.1, 0.15) is 52.4 Å². The van der Waals surface area contributed by atoms with Crippen LogP contribution in [0.2, 0.25) is 0 Å². The number of aliphatic hydroxyl groups excluding tert-OH is 1. The minimum absolute atomic E-state index is 0.0173. The molecule has 0 spiro atoms. The first-order valence-electron chi connectivity index (χ1n) is 7.16. The summed E-state index contributed by atoms with van der Waals surface area (Å²) >= 11 is 0. The van der Waals surface area contributed by atoms with Gasteiger partial charge in [-0.1, -0.05) is 13.8 Å². The number of carbonyl (C=O) groups is 1. The summed E-state index contributed by atoms with van der Waals surface area (Å²) in [6.45, 7) is 4.84. The Balaban J connectivity index is 2.49. The largest absolute Gasteiger partial charge is 0.394 e. The lowest BCUT2D eigenvalue weighted by molar-refractivity contribution is -0.128. The number of rotatable bonds is 6. The molecule has 1 aliphatic rings. The van der Waals surface area contributed by atoms with Crippen molar-refractivity contribution in [3.63, 3.8) is 0 Å². The molecule has 1 unspecified atom stereocenters. The first-order chi connectivity index (χ1) is 8.53. The van der Waals surface area contributed by atoms with E-state index in [1.807, 2.05) is 6.92 Å². The first-order valence-corrected chi connectivity index (χ1v) is 7.16. The number of aliphatic hydroxyl groups is 1. The summed E-state index contributed by atoms with van der Waals surface area (Å²) in [6, 6.07) is 0. The maximum Gasteiger partial charge on any atom is 0.223 e. The normalized spacial score (nSPS) is 29.9. The van der Waals surface area contributed by atoms with Gasteiger partial charge >= 0.3 is 0 Å². The molecule has 0 bridgehead atoms. The van der Waals surface area contributed by atoms with Crippen LogP contribution in [0, 0.1) is 11.8 Å². The molecular formula is C14H28N2O2. The molecule has 0 aromatic heterocycles. The van der Waals surface area contributed by atoms with Gasteiger partial charge in [-0.05, 0) is 51.0 Å². The first kappa shape index (κ1) is 15.4. The molecule has 1 aliphatic carbocycles. The van der Waals surface area contributed by atoms with Crippen molar-refractivity contribution in [2.45, 2.75) is 57.9 Å². The molecule has 0 saturated heterocycles. The van der Waals surface area contributed by atoms with E-state index in [0.717, 1.165) is 38.5 Å². The monoisotopic (exact) mass is 256 g/mol. The van der Waals surface area contributed by atoms with E-state index in [-0.39, 0.29) is 24.0 Å². The second-order valence-electron chi connectivity index (χ2n) is 5.94. The summed E-state index contributed by atoms with van der Waals surface area (Å²) in [5.74, 6) is 0.750. The third kappa shape index (κ3) is 4.25. The van der Waals surface area contributed by atoms with Crippen LogP contribution < -0.4 is 11.1 Å². The number of amides is 1. The predicted molar refractivity (Wildman–Crippen MR) is 73.0 cm³/mol. The zero-order valence-electron chi connectivity index (χ0n) is 11.7. The predicted octanol–water partition coefficient (Wildman–Crippen LogP) is 1.42. The zero-order chi connectivity index (χ0) is 13.6. The van der Waals surface area contributed by atoms with E-state index < -0.39 is 0 Å². The van der Waals surface area contributed by atoms with Gasteiger partial charge in [0, 0.05) is 5.92 Å². The molecule has 18 heavy (non-hydrogen) atoms. The van der Waals surface area contributed by atoms with E-state index in [0.29, 0.717) is 12.5 Å². The lowest BCUT2D eigenvalue weighted by Gasteiger charge is -2.39. The Morgan fingerprint density at radius 3 is 2.61 bits per heavy atom. The van der Waals surface area contributed by atoms with Gasteiger partial charge in [0.1, 0.15) is 0 Å². The molecule has 4 heteroatoms. The molecule has 1 amide bonds. The zero-order valence-corrected chi connectivity index (χ0v) is 11.7. The number of hydrogen-bond acceptors (Lipinski definition) is 3. The van der Waals surface area contributed by atoms with Crippen LogP contribution in [0.25, 0.3) is 0 Å². The Morgan fingerprint density at radius 1 is 1.50 bits per heavy atom. The van der Waals surface area contributed by atoms with Gasteiger partial charge in [0.15, 0.2) is 0 Å². The fraction of sp³-hybridized carbons (Fsp3) is 0.929. The van der Waals surface area contributed by atoms with Crippen molar-refractivity contribution in [1.82, 2.24) is 5.32 Å². The summed E-state index contributed by atoms with van der Waals surface area (Å²) in [4.78, 5) is 12.1. The Morgan fingerprint density at radius 2 is 2.11 bits per heavy atom. The Bertz CT molecular complexity index is 261. The molecule has 4 N–H and O–H groups in total. The Labute approximate surface area is 110 Å². The quantitative estimate of drug-likeness (QED) is 0.673. The lowest BCUT2D eigenvalue weighted by atomic mass is 9.77. The average molecular weight is 256 g/mol. The molecule has 0 heterocycles. The van der Waals surface area contributed by atoms with E-state index in [4.69, 9.17) is 5.73 Å². The summed E-state index contributed by atoms with van der Waals surface area (Å²) in [5, 5.41) is 12.7. The van der Waals surface area contributed by atoms with Crippen LogP contribution in [-0.4, -0.2) is 29.7 Å². The minimum Gasteiger partial charge on any atom is -0.394 e. The summed E-state index contributed by atoms with van der Waals surface area (Å²) in [6.07, 6.45) is 5.63. The second-order valence-corrected chi connectivity index (χ2v) is 5.94. The van der Waals surface area contributed by atoms with Gasteiger partial charge in [0.2, 0.25) is 5.91 Å². The third-order valence-electron chi connectivity index (χ3n) is 4.21. The fourth-order valence-electron chi connectivity index (χ4n) is 2.58. The highest BCUT2D eigenvalue weighted by Crippen LogP contribution is 2.31. The van der Waals surface area contributed by atoms with Crippen molar-refractivity contribution in [1.29, 1.82) is 0 Å². The Hall–Kier alpha value is -0.610. The molecule has 4 nitrogen and oxygen atoms in total. The van der Waals surface area contributed by atoms with Crippen molar-refractivity contribution in [3.8, 4) is 0 Å². The van der Waals surface area contributed by atoms with E-state index in [1.54, 1.807) is 0 Å². The smallest absolute Gasteiger partial charge is 0.223 e. The van der Waals surface area contributed by atoms with Crippen molar-refractivity contribution < 1.29 is 9.90 Å². The van der Waals surface area contributed by atoms with E-state index in [9.17, 15) is 9.90 Å². The van der Waals surface area contributed by atoms with Crippen molar-refractivity contribution in [2.75, 3.05) is 13.2 Å². The topological polar surface area (TPSA) is 75.3 Å². The molecule has 1 atom stereocenters. The van der Waals surface area contributed by atoms with E-state index in [1.165, 1.54) is 0 Å². The van der Waals surface area contributed by atoms with Crippen molar-refractivity contribution in [2.24, 2.45) is 17.6 Å². The van der Waals surface area contributed by atoms with Crippen LogP contribution >= 0.6 is 0 Å². The van der Waals surface area contributed by atoms with Crippen LogP contribution in [-0.2, 0) is 4.79 Å². The molecule has 1 rings (SSSR count). The number of hydrogen-bond donors (Lipinski definition) is 3. The molecule has 0 aliphatic heterocycles. The average Bonchev–Trinajstić information content (AvgIpc) is 2.38. The third-order valence-corrected chi connectivity index (χ3v) is 4.21. The molecule has 1 fully saturated rings. The van der Waals surface area contributed by atoms with Gasteiger partial charge < -0.3 is 16.2 Å². The fourth-order valence-corrected chi connectivity index (χ4v) is 2.58. The van der Waals surface area contributed by atoms with Crippen molar-refractivity contribution >= 4 is 5.91 Å². The second kappa shape index (κ2) is 7.10. The van der Waals surface area contributed by atoms with Gasteiger partial charge in [0.05, 0.1) is 12.1 Å². The minimum atomic E-state index is -0.374. The lowest BCUT2D eigenvalue weighted by Crippen LogP contribution is -2.54. The summed E-state index contributed by atoms with van der Waals surface area (Å²) in [5.41, 5.74) is 5.08. The SMILES string of the molecule is CC1CCC(CO)(NC(=O)C(C)CCCN)CC1. The highest BCUT2D eigenvalue weighted by molar-refractivity contribution is 5.79. The molecule has 1 saturated carbocycles. The molecule has 0 radical (unpaired) electrons. The van der Waals surface area contributed by atoms with Crippen LogP contribution in [0.3, 0.4) is 0 Å². The number of nitrogens with one attached hydrogen (secondary N) is 1. The van der Waals surface area contributed by atoms with Gasteiger partial charge in [-0.2, -0.15) is 0 Å². The van der Waals surface area contributed by atoms with Gasteiger partial charge in [-0.25, -0.2) is 0 Å². The van der Waals surface area contributed by atoms with Crippen LogP contribution in [0.4, 0.5) is 0 Å². The maximum absolute atomic E-state index is 12.1. The Kier molecular flexibility index (Phi) is 6.09. The molecule has 106 valence electrons. The molecule has 0 aromatic carbocycles. The standard InChI is InChI=1S/C14H28N2O2/c1-11-5-7-14(10-17,8-6-11)16-13(18)12(2)4-3-9-15/h11-12,17H,3-10,15H2,1-2H3,(H,16,18). The van der Waals surface area contributed by atoms with Crippen molar-refractivity contribution in [3.05, 3.63) is 0 Å². The van der Waals surface area contributed by atoms with E-state index in [2.05, 4.69) is 12.2 Å².